The third-order valence-corrected chi connectivity index (χ3v) is 8.35. The van der Waals surface area contributed by atoms with Gasteiger partial charge in [0.2, 0.25) is 11.6 Å². The Balaban J connectivity index is 1.85. The molecule has 37 heavy (non-hydrogen) atoms. The van der Waals surface area contributed by atoms with Crippen LogP contribution in [0.5, 0.6) is 11.5 Å². The number of nitro groups is 1. The van der Waals surface area contributed by atoms with Gasteiger partial charge in [0.15, 0.2) is 0 Å². The van der Waals surface area contributed by atoms with Gasteiger partial charge in [-0.15, -0.1) is 11.8 Å². The maximum absolute atomic E-state index is 14.2. The van der Waals surface area contributed by atoms with Gasteiger partial charge in [-0.3, -0.25) is 14.9 Å². The van der Waals surface area contributed by atoms with Gasteiger partial charge in [-0.25, -0.2) is 0 Å². The van der Waals surface area contributed by atoms with E-state index in [1.165, 1.54) is 18.7 Å². The number of nitrogens with zero attached hydrogens (tertiary/aromatic N) is 2. The topological polar surface area (TPSA) is 81.9 Å². The molecule has 3 aromatic rings. The molecule has 8 heteroatoms. The number of rotatable bonds is 10. The minimum absolute atomic E-state index is 0.0113. The quantitative estimate of drug-likeness (QED) is 0.183. The Hall–Kier alpha value is -3.78. The zero-order valence-corrected chi connectivity index (χ0v) is 22.1. The Morgan fingerprint density at radius 2 is 1.51 bits per heavy atom. The molecule has 3 aromatic carbocycles. The number of carbonyl (C=O) groups excluding carboxylic acids is 1. The fourth-order valence-corrected chi connectivity index (χ4v) is 6.09. The summed E-state index contributed by atoms with van der Waals surface area (Å²) in [7, 11) is 3.21. The number of carbonyl (C=O) groups is 1. The van der Waals surface area contributed by atoms with E-state index in [2.05, 4.69) is 0 Å². The van der Waals surface area contributed by atoms with Crippen LogP contribution in [0, 0.1) is 10.1 Å². The molecule has 1 aliphatic heterocycles. The fourth-order valence-electron chi connectivity index (χ4n) is 4.73. The highest BCUT2D eigenvalue weighted by atomic mass is 32.2. The molecule has 0 saturated carbocycles. The molecule has 0 bridgehead atoms. The lowest BCUT2D eigenvalue weighted by Gasteiger charge is -2.57. The average Bonchev–Trinajstić information content (AvgIpc) is 2.94. The van der Waals surface area contributed by atoms with E-state index in [9.17, 15) is 14.9 Å². The predicted octanol–water partition coefficient (Wildman–Crippen LogP) is 6.13. The Morgan fingerprint density at radius 1 is 1.00 bits per heavy atom. The molecule has 2 atom stereocenters. The second-order valence-electron chi connectivity index (χ2n) is 8.83. The van der Waals surface area contributed by atoms with E-state index in [-0.39, 0.29) is 11.6 Å². The number of amides is 1. The van der Waals surface area contributed by atoms with E-state index in [0.717, 1.165) is 16.0 Å². The number of β-lactam (4-membered cyclic amide) rings is 1. The highest BCUT2D eigenvalue weighted by molar-refractivity contribution is 8.01. The van der Waals surface area contributed by atoms with Crippen molar-refractivity contribution in [2.75, 3.05) is 14.2 Å². The SMILES string of the molecule is CCC1(Sc2ccccc2)C(=O)N(C(c2ccc(OC)cc2)c2ccc(OC)cc2)C1C=C(C)[N+](=O)[O-]. The standard InChI is InChI=1S/C29H30N2O5S/c1-5-29(37-25-9-7-6-8-10-25)26(19-20(2)31(33)34)30(28(29)32)27(21-11-15-23(35-3)16-12-21)22-13-17-24(36-4)18-14-22/h6-19,26-27H,5H2,1-4H3. The first-order chi connectivity index (χ1) is 17.8. The van der Waals surface area contributed by atoms with Crippen LogP contribution in [0.1, 0.15) is 37.4 Å². The summed E-state index contributed by atoms with van der Waals surface area (Å²) in [5, 5.41) is 11.7. The summed E-state index contributed by atoms with van der Waals surface area (Å²) in [5.74, 6) is 1.35. The number of allylic oxidation sites excluding steroid dienone is 1. The third-order valence-electron chi connectivity index (χ3n) is 6.77. The number of hydrogen-bond acceptors (Lipinski definition) is 6. The fraction of sp³-hybridized carbons (Fsp3) is 0.276. The van der Waals surface area contributed by atoms with Gasteiger partial charge in [0, 0.05) is 17.9 Å². The Bertz CT molecular complexity index is 1230. The van der Waals surface area contributed by atoms with Crippen molar-refractivity contribution in [2.24, 2.45) is 0 Å². The molecule has 0 aromatic heterocycles. The molecule has 1 saturated heterocycles. The Labute approximate surface area is 221 Å². The molecule has 192 valence electrons. The van der Waals surface area contributed by atoms with Crippen molar-refractivity contribution in [2.45, 2.75) is 42.0 Å². The zero-order chi connectivity index (χ0) is 26.6. The molecule has 1 fully saturated rings. The number of thioether (sulfide) groups is 1. The molecular formula is C29H30N2O5S. The van der Waals surface area contributed by atoms with Crippen LogP contribution in [0.4, 0.5) is 0 Å². The maximum atomic E-state index is 14.2. The number of hydrogen-bond donors (Lipinski definition) is 0. The molecule has 1 aliphatic rings. The molecule has 0 aliphatic carbocycles. The van der Waals surface area contributed by atoms with Gasteiger partial charge >= 0.3 is 0 Å². The molecule has 1 amide bonds. The summed E-state index contributed by atoms with van der Waals surface area (Å²) in [5.41, 5.74) is 1.77. The molecular weight excluding hydrogens is 488 g/mol. The summed E-state index contributed by atoms with van der Waals surface area (Å²) < 4.78 is 9.81. The Kier molecular flexibility index (Phi) is 7.88. The summed E-state index contributed by atoms with van der Waals surface area (Å²) in [6.45, 7) is 3.44. The molecule has 0 radical (unpaired) electrons. The first-order valence-electron chi connectivity index (χ1n) is 12.0. The summed E-state index contributed by atoms with van der Waals surface area (Å²) in [4.78, 5) is 28.2. The van der Waals surface area contributed by atoms with E-state index in [4.69, 9.17) is 9.47 Å². The normalized spacial score (nSPS) is 19.5. The first-order valence-corrected chi connectivity index (χ1v) is 12.8. The van der Waals surface area contributed by atoms with Crippen molar-refractivity contribution in [1.82, 2.24) is 4.90 Å². The van der Waals surface area contributed by atoms with Gasteiger partial charge in [-0.05, 0) is 53.9 Å². The molecule has 2 unspecified atom stereocenters. The van der Waals surface area contributed by atoms with E-state index in [1.54, 1.807) is 25.2 Å². The van der Waals surface area contributed by atoms with Crippen molar-refractivity contribution in [3.8, 4) is 11.5 Å². The number of benzene rings is 3. The van der Waals surface area contributed by atoms with E-state index in [0.29, 0.717) is 17.9 Å². The van der Waals surface area contributed by atoms with Crippen LogP contribution in [-0.4, -0.2) is 40.7 Å². The minimum atomic E-state index is -0.865. The average molecular weight is 519 g/mol. The molecule has 1 heterocycles. The third kappa shape index (κ3) is 5.06. The van der Waals surface area contributed by atoms with Gasteiger partial charge in [0.05, 0.1) is 31.2 Å². The van der Waals surface area contributed by atoms with Crippen molar-refractivity contribution in [1.29, 1.82) is 0 Å². The van der Waals surface area contributed by atoms with Crippen LogP contribution in [0.25, 0.3) is 0 Å². The predicted molar refractivity (Wildman–Crippen MR) is 145 cm³/mol. The molecule has 0 N–H and O–H groups in total. The van der Waals surface area contributed by atoms with Crippen LogP contribution in [0.15, 0.2) is 95.5 Å². The maximum Gasteiger partial charge on any atom is 0.242 e. The van der Waals surface area contributed by atoms with Crippen LogP contribution in [0.2, 0.25) is 0 Å². The zero-order valence-electron chi connectivity index (χ0n) is 21.3. The van der Waals surface area contributed by atoms with Crippen LogP contribution < -0.4 is 9.47 Å². The van der Waals surface area contributed by atoms with Crippen molar-refractivity contribution in [3.63, 3.8) is 0 Å². The highest BCUT2D eigenvalue weighted by Gasteiger charge is 2.62. The summed E-state index contributed by atoms with van der Waals surface area (Å²) in [6.07, 6.45) is 2.15. The van der Waals surface area contributed by atoms with Crippen LogP contribution in [-0.2, 0) is 4.79 Å². The Morgan fingerprint density at radius 3 is 1.95 bits per heavy atom. The summed E-state index contributed by atoms with van der Waals surface area (Å²) in [6, 6.07) is 23.9. The lowest BCUT2D eigenvalue weighted by atomic mass is 9.79. The van der Waals surface area contributed by atoms with E-state index < -0.39 is 21.8 Å². The second kappa shape index (κ2) is 11.1. The van der Waals surface area contributed by atoms with Gasteiger partial charge in [-0.1, -0.05) is 49.4 Å². The largest absolute Gasteiger partial charge is 0.497 e. The van der Waals surface area contributed by atoms with Crippen molar-refractivity contribution >= 4 is 17.7 Å². The summed E-state index contributed by atoms with van der Waals surface area (Å²) >= 11 is 1.47. The van der Waals surface area contributed by atoms with Gasteiger partial charge in [0.25, 0.3) is 0 Å². The van der Waals surface area contributed by atoms with Crippen LogP contribution in [0.3, 0.4) is 0 Å². The number of likely N-dealkylation sites (tertiary alicyclic amines) is 1. The monoisotopic (exact) mass is 518 g/mol. The number of ether oxygens (including phenoxy) is 2. The van der Waals surface area contributed by atoms with Gasteiger partial charge < -0.3 is 14.4 Å². The lowest BCUT2D eigenvalue weighted by Crippen LogP contribution is -2.71. The first kappa shape index (κ1) is 26.3. The molecule has 0 spiro atoms. The minimum Gasteiger partial charge on any atom is -0.497 e. The van der Waals surface area contributed by atoms with Crippen LogP contribution >= 0.6 is 11.8 Å². The highest BCUT2D eigenvalue weighted by Crippen LogP contribution is 2.53. The van der Waals surface area contributed by atoms with Gasteiger partial charge in [0.1, 0.15) is 16.2 Å². The van der Waals surface area contributed by atoms with E-state index >= 15 is 0 Å². The van der Waals surface area contributed by atoms with Gasteiger partial charge in [-0.2, -0.15) is 0 Å². The smallest absolute Gasteiger partial charge is 0.242 e. The van der Waals surface area contributed by atoms with Crippen molar-refractivity contribution < 1.29 is 19.2 Å². The van der Waals surface area contributed by atoms with E-state index in [1.807, 2.05) is 85.8 Å². The second-order valence-corrected chi connectivity index (χ2v) is 10.2. The number of methoxy groups -OCH3 is 2. The van der Waals surface area contributed by atoms with Crippen molar-refractivity contribution in [3.05, 3.63) is 112 Å². The molecule has 7 nitrogen and oxygen atoms in total. The lowest BCUT2D eigenvalue weighted by molar-refractivity contribution is -0.425. The molecule has 4 rings (SSSR count).